The van der Waals surface area contributed by atoms with Gasteiger partial charge in [-0.2, -0.15) is 9.78 Å². The number of halogens is 3. The second-order valence-electron chi connectivity index (χ2n) is 7.35. The quantitative estimate of drug-likeness (QED) is 0.223. The van der Waals surface area contributed by atoms with E-state index in [0.29, 0.717) is 51.8 Å². The molecule has 34 heavy (non-hydrogen) atoms. The molecule has 0 aliphatic heterocycles. The summed E-state index contributed by atoms with van der Waals surface area (Å²) < 4.78 is 14.6. The Labute approximate surface area is 218 Å². The molecular weight excluding hydrogens is 586 g/mol. The number of ether oxygens (including phenoxy) is 2. The molecule has 0 saturated heterocycles. The van der Waals surface area contributed by atoms with Gasteiger partial charge in [-0.05, 0) is 48.0 Å². The molecule has 0 amide bonds. The van der Waals surface area contributed by atoms with Gasteiger partial charge in [-0.3, -0.25) is 4.79 Å². The summed E-state index contributed by atoms with van der Waals surface area (Å²) in [4.78, 5) is 17.8. The zero-order valence-corrected chi connectivity index (χ0v) is 22.3. The highest BCUT2D eigenvalue weighted by atomic mass is 79.9. The normalized spacial score (nSPS) is 11.3. The van der Waals surface area contributed by atoms with E-state index in [9.17, 15) is 4.79 Å². The standard InChI is InChI=1S/C25H20Br2ClN3O3/c1-3-23-30-21-9-6-17(26)11-20(21)25(32)31(23)29-13-16-10-18(27)12-22(33-2)24(16)34-14-15-4-7-19(28)8-5-15/h4-13H,3,14H2,1-2H3. The summed E-state index contributed by atoms with van der Waals surface area (Å²) in [5.74, 6) is 1.60. The minimum atomic E-state index is -0.245. The first kappa shape index (κ1) is 24.4. The number of fused-ring (bicyclic) bond motifs is 1. The number of rotatable bonds is 7. The summed E-state index contributed by atoms with van der Waals surface area (Å²) in [5.41, 5.74) is 1.98. The van der Waals surface area contributed by atoms with Crippen molar-refractivity contribution in [3.8, 4) is 11.5 Å². The van der Waals surface area contributed by atoms with Crippen LogP contribution in [0, 0.1) is 0 Å². The van der Waals surface area contributed by atoms with Gasteiger partial charge in [0.1, 0.15) is 12.4 Å². The number of aryl methyl sites for hydroxylation is 1. The van der Waals surface area contributed by atoms with Gasteiger partial charge in [0, 0.05) is 26.0 Å². The molecule has 0 spiro atoms. The molecule has 4 aromatic rings. The lowest BCUT2D eigenvalue weighted by Crippen LogP contribution is -2.22. The van der Waals surface area contributed by atoms with E-state index in [1.165, 1.54) is 4.68 Å². The maximum absolute atomic E-state index is 13.2. The van der Waals surface area contributed by atoms with Crippen LogP contribution in [-0.4, -0.2) is 23.0 Å². The highest BCUT2D eigenvalue weighted by molar-refractivity contribution is 9.10. The number of methoxy groups -OCH3 is 1. The van der Waals surface area contributed by atoms with Crippen LogP contribution in [0.2, 0.25) is 5.02 Å². The molecule has 0 unspecified atom stereocenters. The van der Waals surface area contributed by atoms with Crippen molar-refractivity contribution in [1.82, 2.24) is 9.66 Å². The van der Waals surface area contributed by atoms with Crippen molar-refractivity contribution in [2.24, 2.45) is 5.10 Å². The van der Waals surface area contributed by atoms with Crippen molar-refractivity contribution in [3.63, 3.8) is 0 Å². The molecule has 0 aliphatic rings. The molecule has 0 N–H and O–H groups in total. The molecule has 1 aromatic heterocycles. The highest BCUT2D eigenvalue weighted by Crippen LogP contribution is 2.34. The van der Waals surface area contributed by atoms with Crippen LogP contribution >= 0.6 is 43.5 Å². The van der Waals surface area contributed by atoms with E-state index in [4.69, 9.17) is 21.1 Å². The minimum absolute atomic E-state index is 0.245. The summed E-state index contributed by atoms with van der Waals surface area (Å²) in [6, 6.07) is 16.5. The van der Waals surface area contributed by atoms with Crippen LogP contribution in [0.3, 0.4) is 0 Å². The van der Waals surface area contributed by atoms with Crippen LogP contribution in [0.4, 0.5) is 0 Å². The molecule has 174 valence electrons. The Balaban J connectivity index is 1.76. The van der Waals surface area contributed by atoms with E-state index in [-0.39, 0.29) is 5.56 Å². The van der Waals surface area contributed by atoms with E-state index in [1.54, 1.807) is 19.4 Å². The fraction of sp³-hybridized carbons (Fsp3) is 0.160. The highest BCUT2D eigenvalue weighted by Gasteiger charge is 2.14. The molecule has 0 fully saturated rings. The summed E-state index contributed by atoms with van der Waals surface area (Å²) in [6.07, 6.45) is 2.12. The number of nitrogens with zero attached hydrogens (tertiary/aromatic N) is 3. The fourth-order valence-corrected chi connectivity index (χ4v) is 4.33. The average molecular weight is 606 g/mol. The summed E-state index contributed by atoms with van der Waals surface area (Å²) >= 11 is 12.9. The summed E-state index contributed by atoms with van der Waals surface area (Å²) in [7, 11) is 1.57. The Morgan fingerprint density at radius 3 is 2.56 bits per heavy atom. The van der Waals surface area contributed by atoms with Crippen molar-refractivity contribution in [1.29, 1.82) is 0 Å². The molecule has 0 radical (unpaired) electrons. The lowest BCUT2D eigenvalue weighted by atomic mass is 10.2. The van der Waals surface area contributed by atoms with Gasteiger partial charge in [-0.15, -0.1) is 0 Å². The molecular formula is C25H20Br2ClN3O3. The van der Waals surface area contributed by atoms with Gasteiger partial charge in [-0.25, -0.2) is 4.98 Å². The molecule has 4 rings (SSSR count). The van der Waals surface area contributed by atoms with Gasteiger partial charge >= 0.3 is 0 Å². The number of benzene rings is 3. The third-order valence-electron chi connectivity index (χ3n) is 5.07. The summed E-state index contributed by atoms with van der Waals surface area (Å²) in [6.45, 7) is 2.24. The Morgan fingerprint density at radius 2 is 1.85 bits per heavy atom. The van der Waals surface area contributed by atoms with E-state index in [0.717, 1.165) is 14.5 Å². The first-order chi connectivity index (χ1) is 16.4. The van der Waals surface area contributed by atoms with E-state index >= 15 is 0 Å². The third kappa shape index (κ3) is 5.35. The van der Waals surface area contributed by atoms with Crippen LogP contribution in [0.5, 0.6) is 11.5 Å². The van der Waals surface area contributed by atoms with Crippen LogP contribution in [0.1, 0.15) is 23.9 Å². The van der Waals surface area contributed by atoms with Gasteiger partial charge in [0.15, 0.2) is 11.5 Å². The Morgan fingerprint density at radius 1 is 1.09 bits per heavy atom. The third-order valence-corrected chi connectivity index (χ3v) is 6.27. The largest absolute Gasteiger partial charge is 0.493 e. The fourth-order valence-electron chi connectivity index (χ4n) is 3.39. The van der Waals surface area contributed by atoms with Crippen molar-refractivity contribution < 1.29 is 9.47 Å². The predicted octanol–water partition coefficient (Wildman–Crippen LogP) is 6.61. The molecule has 0 aliphatic carbocycles. The Bertz CT molecular complexity index is 1440. The van der Waals surface area contributed by atoms with Crippen LogP contribution < -0.4 is 15.0 Å². The second kappa shape index (κ2) is 10.7. The number of aromatic nitrogens is 2. The molecule has 0 saturated carbocycles. The Kier molecular flexibility index (Phi) is 7.70. The maximum atomic E-state index is 13.2. The smallest absolute Gasteiger partial charge is 0.282 e. The van der Waals surface area contributed by atoms with Crippen LogP contribution in [-0.2, 0) is 13.0 Å². The molecule has 0 atom stereocenters. The SMILES string of the molecule is CCc1nc2ccc(Br)cc2c(=O)n1N=Cc1cc(Br)cc(OC)c1OCc1ccc(Cl)cc1. The average Bonchev–Trinajstić information content (AvgIpc) is 2.83. The van der Waals surface area contributed by atoms with Gasteiger partial charge in [0.25, 0.3) is 5.56 Å². The van der Waals surface area contributed by atoms with Crippen molar-refractivity contribution in [2.75, 3.05) is 7.11 Å². The second-order valence-corrected chi connectivity index (χ2v) is 9.61. The van der Waals surface area contributed by atoms with Gasteiger partial charge < -0.3 is 9.47 Å². The lowest BCUT2D eigenvalue weighted by molar-refractivity contribution is 0.284. The topological polar surface area (TPSA) is 65.7 Å². The summed E-state index contributed by atoms with van der Waals surface area (Å²) in [5, 5.41) is 5.64. The van der Waals surface area contributed by atoms with Crippen molar-refractivity contribution >= 4 is 60.6 Å². The first-order valence-electron chi connectivity index (χ1n) is 10.4. The van der Waals surface area contributed by atoms with Crippen molar-refractivity contribution in [2.45, 2.75) is 20.0 Å². The predicted molar refractivity (Wildman–Crippen MR) is 143 cm³/mol. The Hall–Kier alpha value is -2.68. The molecule has 6 nitrogen and oxygen atoms in total. The first-order valence-corrected chi connectivity index (χ1v) is 12.4. The zero-order chi connectivity index (χ0) is 24.2. The van der Waals surface area contributed by atoms with Crippen LogP contribution in [0.25, 0.3) is 10.9 Å². The van der Waals surface area contributed by atoms with E-state index in [2.05, 4.69) is 41.9 Å². The zero-order valence-electron chi connectivity index (χ0n) is 18.4. The minimum Gasteiger partial charge on any atom is -0.493 e. The maximum Gasteiger partial charge on any atom is 0.282 e. The van der Waals surface area contributed by atoms with E-state index < -0.39 is 0 Å². The molecule has 0 bridgehead atoms. The molecule has 1 heterocycles. The molecule has 3 aromatic carbocycles. The van der Waals surface area contributed by atoms with E-state index in [1.807, 2.05) is 55.5 Å². The van der Waals surface area contributed by atoms with Crippen LogP contribution in [0.15, 0.2) is 73.4 Å². The molecule has 9 heteroatoms. The van der Waals surface area contributed by atoms with Gasteiger partial charge in [0.05, 0.1) is 24.2 Å². The number of hydrogen-bond acceptors (Lipinski definition) is 5. The van der Waals surface area contributed by atoms with Gasteiger partial charge in [0.2, 0.25) is 0 Å². The monoisotopic (exact) mass is 603 g/mol. The lowest BCUT2D eigenvalue weighted by Gasteiger charge is -2.14. The van der Waals surface area contributed by atoms with Gasteiger partial charge in [-0.1, -0.05) is 62.5 Å². The van der Waals surface area contributed by atoms with Crippen molar-refractivity contribution in [3.05, 3.63) is 95.9 Å². The number of hydrogen-bond donors (Lipinski definition) is 0.